The van der Waals surface area contributed by atoms with E-state index in [-0.39, 0.29) is 43.6 Å². The average Bonchev–Trinajstić information content (AvgIpc) is 2.85. The summed E-state index contributed by atoms with van der Waals surface area (Å²) in [4.78, 5) is 23.6. The molecule has 0 saturated carbocycles. The number of hydrogen-bond acceptors (Lipinski definition) is 2. The molecule has 1 heterocycles. The molecule has 0 unspecified atom stereocenters. The first kappa shape index (κ1) is 16.1. The predicted molar refractivity (Wildman–Crippen MR) is 72.8 cm³/mol. The van der Waals surface area contributed by atoms with Gasteiger partial charge in [0.15, 0.2) is 0 Å². The van der Waals surface area contributed by atoms with Crippen LogP contribution in [0.4, 0.5) is 23.7 Å². The quantitative estimate of drug-likeness (QED) is 0.839. The van der Waals surface area contributed by atoms with Crippen molar-refractivity contribution in [1.29, 1.82) is 0 Å². The second-order valence-corrected chi connectivity index (χ2v) is 4.93. The van der Waals surface area contributed by atoms with E-state index in [1.165, 1.54) is 17.0 Å². The lowest BCUT2D eigenvalue weighted by atomic mass is 10.0. The zero-order chi connectivity index (χ0) is 16.3. The molecule has 0 aliphatic carbocycles. The molecule has 2 rings (SSSR count). The van der Waals surface area contributed by atoms with Gasteiger partial charge in [-0.1, -0.05) is 6.07 Å². The average molecular weight is 316 g/mol. The lowest BCUT2D eigenvalue weighted by molar-refractivity contribution is -0.138. The number of hydrogen-bond donors (Lipinski definition) is 2. The minimum absolute atomic E-state index is 0.0743. The molecule has 0 spiro atoms. The van der Waals surface area contributed by atoms with Crippen molar-refractivity contribution in [3.63, 3.8) is 0 Å². The van der Waals surface area contributed by atoms with Crippen molar-refractivity contribution in [2.75, 3.05) is 18.0 Å². The van der Waals surface area contributed by atoms with E-state index in [4.69, 9.17) is 5.11 Å². The number of benzene rings is 1. The highest BCUT2D eigenvalue weighted by Gasteiger charge is 2.37. The number of aliphatic carboxylic acids is 1. The van der Waals surface area contributed by atoms with Gasteiger partial charge in [0.1, 0.15) is 0 Å². The molecule has 2 N–H and O–H groups in total. The number of amides is 2. The molecular formula is C14H15F3N2O3. The topological polar surface area (TPSA) is 69.6 Å². The largest absolute Gasteiger partial charge is 0.481 e. The Labute approximate surface area is 124 Å². The summed E-state index contributed by atoms with van der Waals surface area (Å²) in [5, 5.41) is 11.0. The highest BCUT2D eigenvalue weighted by molar-refractivity contribution is 5.94. The van der Waals surface area contributed by atoms with E-state index in [1.54, 1.807) is 0 Å². The van der Waals surface area contributed by atoms with Crippen LogP contribution in [0.5, 0.6) is 0 Å². The SMILES string of the molecule is O=C(O)CCCNC(=O)N1CCc2c1cccc2C(F)(F)F. The van der Waals surface area contributed by atoms with Crippen molar-refractivity contribution in [3.8, 4) is 0 Å². The smallest absolute Gasteiger partial charge is 0.416 e. The number of alkyl halides is 3. The Kier molecular flexibility index (Phi) is 4.58. The Hall–Kier alpha value is -2.25. The zero-order valence-electron chi connectivity index (χ0n) is 11.6. The molecule has 1 aromatic carbocycles. The molecule has 1 aromatic rings. The van der Waals surface area contributed by atoms with E-state index < -0.39 is 23.7 Å². The number of anilines is 1. The second kappa shape index (κ2) is 6.25. The zero-order valence-corrected chi connectivity index (χ0v) is 11.6. The minimum atomic E-state index is -4.45. The molecule has 0 atom stereocenters. The molecule has 0 fully saturated rings. The molecule has 0 aromatic heterocycles. The van der Waals surface area contributed by atoms with Crippen LogP contribution in [0.15, 0.2) is 18.2 Å². The van der Waals surface area contributed by atoms with E-state index in [2.05, 4.69) is 5.32 Å². The Balaban J connectivity index is 2.06. The fourth-order valence-electron chi connectivity index (χ4n) is 2.44. The van der Waals surface area contributed by atoms with Crippen molar-refractivity contribution in [2.24, 2.45) is 0 Å². The Morgan fingerprint density at radius 2 is 2.05 bits per heavy atom. The lowest BCUT2D eigenvalue weighted by Crippen LogP contribution is -2.39. The Morgan fingerprint density at radius 3 is 2.68 bits per heavy atom. The number of fused-ring (bicyclic) bond motifs is 1. The van der Waals surface area contributed by atoms with Gasteiger partial charge in [0.25, 0.3) is 0 Å². The first-order valence-electron chi connectivity index (χ1n) is 6.77. The van der Waals surface area contributed by atoms with Crippen molar-refractivity contribution < 1.29 is 27.9 Å². The first-order chi connectivity index (χ1) is 10.3. The fourth-order valence-corrected chi connectivity index (χ4v) is 2.44. The summed E-state index contributed by atoms with van der Waals surface area (Å²) in [6.07, 6.45) is -4.10. The first-order valence-corrected chi connectivity index (χ1v) is 6.77. The maximum absolute atomic E-state index is 12.9. The van der Waals surface area contributed by atoms with Gasteiger partial charge >= 0.3 is 18.2 Å². The number of carboxylic acid groups (broad SMARTS) is 1. The lowest BCUT2D eigenvalue weighted by Gasteiger charge is -2.19. The summed E-state index contributed by atoms with van der Waals surface area (Å²) in [5.74, 6) is -0.962. The van der Waals surface area contributed by atoms with Crippen LogP contribution in [0.2, 0.25) is 0 Å². The van der Waals surface area contributed by atoms with Gasteiger partial charge in [0.2, 0.25) is 0 Å². The number of halogens is 3. The Bertz CT molecular complexity index is 587. The predicted octanol–water partition coefficient (Wildman–Crippen LogP) is 2.64. The normalized spacial score (nSPS) is 13.9. The van der Waals surface area contributed by atoms with Gasteiger partial charge in [-0.25, -0.2) is 4.79 Å². The van der Waals surface area contributed by atoms with Gasteiger partial charge in [-0.3, -0.25) is 9.69 Å². The Morgan fingerprint density at radius 1 is 1.32 bits per heavy atom. The van der Waals surface area contributed by atoms with Crippen LogP contribution >= 0.6 is 0 Å². The molecule has 1 aliphatic rings. The van der Waals surface area contributed by atoms with Crippen LogP contribution in [-0.2, 0) is 17.4 Å². The highest BCUT2D eigenvalue weighted by atomic mass is 19.4. The molecule has 1 aliphatic heterocycles. The molecule has 0 bridgehead atoms. The van der Waals surface area contributed by atoms with Gasteiger partial charge < -0.3 is 10.4 Å². The number of nitrogens with zero attached hydrogens (tertiary/aromatic N) is 1. The van der Waals surface area contributed by atoms with Gasteiger partial charge in [0, 0.05) is 25.2 Å². The minimum Gasteiger partial charge on any atom is -0.481 e. The van der Waals surface area contributed by atoms with Gasteiger partial charge in [-0.05, 0) is 30.5 Å². The molecule has 22 heavy (non-hydrogen) atoms. The third-order valence-electron chi connectivity index (χ3n) is 3.42. The number of carboxylic acids is 1. The summed E-state index contributed by atoms with van der Waals surface area (Å²) < 4.78 is 38.8. The monoisotopic (exact) mass is 316 g/mol. The standard InChI is InChI=1S/C14H15F3N2O3/c15-14(16,17)10-3-1-4-11-9(10)6-8-19(11)13(22)18-7-2-5-12(20)21/h1,3-4H,2,5-8H2,(H,18,22)(H,20,21). The molecule has 5 nitrogen and oxygen atoms in total. The van der Waals surface area contributed by atoms with E-state index in [0.717, 1.165) is 6.07 Å². The van der Waals surface area contributed by atoms with Gasteiger partial charge in [-0.2, -0.15) is 13.2 Å². The number of rotatable bonds is 4. The van der Waals surface area contributed by atoms with E-state index >= 15 is 0 Å². The number of urea groups is 1. The van der Waals surface area contributed by atoms with Crippen LogP contribution in [-0.4, -0.2) is 30.2 Å². The summed E-state index contributed by atoms with van der Waals surface area (Å²) >= 11 is 0. The summed E-state index contributed by atoms with van der Waals surface area (Å²) in [5.41, 5.74) is -0.340. The second-order valence-electron chi connectivity index (χ2n) is 4.93. The van der Waals surface area contributed by atoms with E-state index in [9.17, 15) is 22.8 Å². The van der Waals surface area contributed by atoms with Crippen molar-refractivity contribution >= 4 is 17.7 Å². The summed E-state index contributed by atoms with van der Waals surface area (Å²) in [7, 11) is 0. The maximum atomic E-state index is 12.9. The van der Waals surface area contributed by atoms with Crippen LogP contribution in [0.1, 0.15) is 24.0 Å². The van der Waals surface area contributed by atoms with Crippen molar-refractivity contribution in [1.82, 2.24) is 5.32 Å². The molecule has 2 amide bonds. The van der Waals surface area contributed by atoms with Crippen LogP contribution < -0.4 is 10.2 Å². The third-order valence-corrected chi connectivity index (χ3v) is 3.42. The van der Waals surface area contributed by atoms with Crippen molar-refractivity contribution in [2.45, 2.75) is 25.4 Å². The summed E-state index contributed by atoms with van der Waals surface area (Å²) in [6, 6.07) is 3.25. The van der Waals surface area contributed by atoms with Gasteiger partial charge in [0.05, 0.1) is 5.56 Å². The molecule has 0 saturated heterocycles. The highest BCUT2D eigenvalue weighted by Crippen LogP contribution is 2.39. The number of carbonyl (C=O) groups is 2. The van der Waals surface area contributed by atoms with Crippen LogP contribution in [0.3, 0.4) is 0 Å². The maximum Gasteiger partial charge on any atom is 0.416 e. The molecular weight excluding hydrogens is 301 g/mol. The van der Waals surface area contributed by atoms with E-state index in [0.29, 0.717) is 0 Å². The fraction of sp³-hybridized carbons (Fsp3) is 0.429. The molecule has 0 radical (unpaired) electrons. The summed E-state index contributed by atoms with van der Waals surface area (Å²) in [6.45, 7) is 0.336. The van der Waals surface area contributed by atoms with Crippen LogP contribution in [0.25, 0.3) is 0 Å². The number of nitrogens with one attached hydrogen (secondary N) is 1. The third kappa shape index (κ3) is 3.49. The number of carbonyl (C=O) groups excluding carboxylic acids is 1. The molecule has 8 heteroatoms. The van der Waals surface area contributed by atoms with Crippen LogP contribution in [0, 0.1) is 0 Å². The van der Waals surface area contributed by atoms with E-state index in [1.807, 2.05) is 0 Å². The van der Waals surface area contributed by atoms with Gasteiger partial charge in [-0.15, -0.1) is 0 Å². The molecule has 120 valence electrons. The van der Waals surface area contributed by atoms with Crippen molar-refractivity contribution in [3.05, 3.63) is 29.3 Å².